The Morgan fingerprint density at radius 1 is 0.962 bits per heavy atom. The first-order chi connectivity index (χ1) is 12.6. The highest BCUT2D eigenvalue weighted by Gasteiger charge is 2.38. The number of para-hydroxylation sites is 1. The van der Waals surface area contributed by atoms with Crippen LogP contribution in [-0.4, -0.2) is 13.1 Å². The first-order valence-electron chi connectivity index (χ1n) is 9.46. The molecule has 0 heterocycles. The SMILES string of the molecule is CCCCCCC(C)(C(=O)OCc1ccccc1)c1ccccc1OC. The van der Waals surface area contributed by atoms with Crippen LogP contribution in [0.15, 0.2) is 54.6 Å². The highest BCUT2D eigenvalue weighted by molar-refractivity contribution is 5.83. The quantitative estimate of drug-likeness (QED) is 0.407. The predicted octanol–water partition coefficient (Wildman–Crippen LogP) is 5.67. The molecule has 0 aliphatic heterocycles. The maximum atomic E-state index is 13.1. The van der Waals surface area contributed by atoms with Crippen LogP contribution in [0.2, 0.25) is 0 Å². The molecular formula is C23H30O3. The molecule has 2 rings (SSSR count). The molecule has 0 aliphatic rings. The van der Waals surface area contributed by atoms with Crippen LogP contribution in [0.4, 0.5) is 0 Å². The second kappa shape index (κ2) is 10.0. The first kappa shape index (κ1) is 20.0. The molecule has 0 fully saturated rings. The Bertz CT molecular complexity index is 681. The fourth-order valence-electron chi connectivity index (χ4n) is 3.23. The topological polar surface area (TPSA) is 35.5 Å². The number of carbonyl (C=O) groups excluding carboxylic acids is 1. The lowest BCUT2D eigenvalue weighted by molar-refractivity contribution is -0.151. The Balaban J connectivity index is 2.19. The Kier molecular flexibility index (Phi) is 7.71. The molecule has 0 spiro atoms. The van der Waals surface area contributed by atoms with Gasteiger partial charge in [-0.25, -0.2) is 0 Å². The summed E-state index contributed by atoms with van der Waals surface area (Å²) >= 11 is 0. The van der Waals surface area contributed by atoms with E-state index in [1.165, 1.54) is 12.8 Å². The van der Waals surface area contributed by atoms with E-state index < -0.39 is 5.41 Å². The lowest BCUT2D eigenvalue weighted by Gasteiger charge is -2.29. The molecule has 0 saturated heterocycles. The van der Waals surface area contributed by atoms with E-state index in [2.05, 4.69) is 6.92 Å². The van der Waals surface area contributed by atoms with Gasteiger partial charge < -0.3 is 9.47 Å². The van der Waals surface area contributed by atoms with E-state index in [4.69, 9.17) is 9.47 Å². The molecule has 0 amide bonds. The molecule has 0 bridgehead atoms. The number of ether oxygens (including phenoxy) is 2. The minimum Gasteiger partial charge on any atom is -0.496 e. The fraction of sp³-hybridized carbons (Fsp3) is 0.435. The van der Waals surface area contributed by atoms with Crippen molar-refractivity contribution in [2.75, 3.05) is 7.11 Å². The van der Waals surface area contributed by atoms with E-state index in [-0.39, 0.29) is 5.97 Å². The number of esters is 1. The Hall–Kier alpha value is -2.29. The summed E-state index contributed by atoms with van der Waals surface area (Å²) in [5, 5.41) is 0. The van der Waals surface area contributed by atoms with Gasteiger partial charge in [0.1, 0.15) is 12.4 Å². The largest absolute Gasteiger partial charge is 0.496 e. The average molecular weight is 354 g/mol. The molecule has 1 atom stereocenters. The summed E-state index contributed by atoms with van der Waals surface area (Å²) < 4.78 is 11.2. The van der Waals surface area contributed by atoms with Gasteiger partial charge in [-0.05, 0) is 25.0 Å². The fourth-order valence-corrected chi connectivity index (χ4v) is 3.23. The van der Waals surface area contributed by atoms with Crippen LogP contribution in [0.1, 0.15) is 57.1 Å². The summed E-state index contributed by atoms with van der Waals surface area (Å²) in [5.74, 6) is 0.546. The molecule has 0 radical (unpaired) electrons. The number of hydrogen-bond donors (Lipinski definition) is 0. The molecular weight excluding hydrogens is 324 g/mol. The second-order valence-electron chi connectivity index (χ2n) is 6.90. The van der Waals surface area contributed by atoms with Crippen molar-refractivity contribution in [2.45, 2.75) is 58.0 Å². The Morgan fingerprint density at radius 2 is 1.65 bits per heavy atom. The van der Waals surface area contributed by atoms with E-state index in [0.29, 0.717) is 6.61 Å². The summed E-state index contributed by atoms with van der Waals surface area (Å²) in [6.07, 6.45) is 5.21. The van der Waals surface area contributed by atoms with Crippen molar-refractivity contribution in [1.82, 2.24) is 0 Å². The van der Waals surface area contributed by atoms with Crippen molar-refractivity contribution in [3.05, 3.63) is 65.7 Å². The van der Waals surface area contributed by atoms with Crippen LogP contribution < -0.4 is 4.74 Å². The molecule has 0 aliphatic carbocycles. The van der Waals surface area contributed by atoms with E-state index in [1.54, 1.807) is 7.11 Å². The molecule has 2 aromatic carbocycles. The molecule has 3 heteroatoms. The van der Waals surface area contributed by atoms with Gasteiger partial charge in [0.05, 0.1) is 12.5 Å². The van der Waals surface area contributed by atoms with Crippen LogP contribution >= 0.6 is 0 Å². The van der Waals surface area contributed by atoms with Gasteiger partial charge in [0, 0.05) is 5.56 Å². The van der Waals surface area contributed by atoms with Gasteiger partial charge in [0.25, 0.3) is 0 Å². The monoisotopic (exact) mass is 354 g/mol. The lowest BCUT2D eigenvalue weighted by atomic mass is 9.77. The molecule has 0 N–H and O–H groups in total. The van der Waals surface area contributed by atoms with Crippen LogP contribution in [0, 0.1) is 0 Å². The van der Waals surface area contributed by atoms with E-state index in [9.17, 15) is 4.79 Å². The average Bonchev–Trinajstić information content (AvgIpc) is 2.70. The second-order valence-corrected chi connectivity index (χ2v) is 6.90. The lowest BCUT2D eigenvalue weighted by Crippen LogP contribution is -2.35. The summed E-state index contributed by atoms with van der Waals surface area (Å²) in [5.41, 5.74) is 1.18. The third-order valence-corrected chi connectivity index (χ3v) is 4.90. The molecule has 0 saturated carbocycles. The predicted molar refractivity (Wildman–Crippen MR) is 105 cm³/mol. The van der Waals surface area contributed by atoms with Crippen LogP contribution in [0.3, 0.4) is 0 Å². The zero-order valence-corrected chi connectivity index (χ0v) is 16.2. The molecule has 140 valence electrons. The summed E-state index contributed by atoms with van der Waals surface area (Å²) in [4.78, 5) is 13.1. The summed E-state index contributed by atoms with van der Waals surface area (Å²) in [7, 11) is 1.64. The van der Waals surface area contributed by atoms with E-state index in [1.807, 2.05) is 61.5 Å². The van der Waals surface area contributed by atoms with Gasteiger partial charge >= 0.3 is 5.97 Å². The molecule has 3 nitrogen and oxygen atoms in total. The van der Waals surface area contributed by atoms with Gasteiger partial charge in [0.15, 0.2) is 0 Å². The molecule has 2 aromatic rings. The van der Waals surface area contributed by atoms with E-state index >= 15 is 0 Å². The van der Waals surface area contributed by atoms with Crippen molar-refractivity contribution in [1.29, 1.82) is 0 Å². The van der Waals surface area contributed by atoms with Gasteiger partial charge in [-0.2, -0.15) is 0 Å². The van der Waals surface area contributed by atoms with Crippen LogP contribution in [0.5, 0.6) is 5.75 Å². The summed E-state index contributed by atoms with van der Waals surface area (Å²) in [6, 6.07) is 17.6. The van der Waals surface area contributed by atoms with Crippen LogP contribution in [-0.2, 0) is 21.6 Å². The number of carbonyl (C=O) groups is 1. The third-order valence-electron chi connectivity index (χ3n) is 4.90. The van der Waals surface area contributed by atoms with Gasteiger partial charge in [0.2, 0.25) is 0 Å². The maximum Gasteiger partial charge on any atom is 0.316 e. The van der Waals surface area contributed by atoms with Crippen molar-refractivity contribution < 1.29 is 14.3 Å². The third kappa shape index (κ3) is 5.10. The number of methoxy groups -OCH3 is 1. The Morgan fingerprint density at radius 3 is 2.35 bits per heavy atom. The number of hydrogen-bond acceptors (Lipinski definition) is 3. The molecule has 26 heavy (non-hydrogen) atoms. The highest BCUT2D eigenvalue weighted by Crippen LogP contribution is 2.37. The van der Waals surface area contributed by atoms with Crippen molar-refractivity contribution in [3.63, 3.8) is 0 Å². The van der Waals surface area contributed by atoms with Gasteiger partial charge in [-0.3, -0.25) is 4.79 Å². The molecule has 0 aromatic heterocycles. The van der Waals surface area contributed by atoms with Gasteiger partial charge in [-0.15, -0.1) is 0 Å². The van der Waals surface area contributed by atoms with Gasteiger partial charge in [-0.1, -0.05) is 81.1 Å². The van der Waals surface area contributed by atoms with Crippen LogP contribution in [0.25, 0.3) is 0 Å². The van der Waals surface area contributed by atoms with Crippen molar-refractivity contribution in [2.24, 2.45) is 0 Å². The zero-order chi connectivity index (χ0) is 18.8. The Labute approximate surface area is 157 Å². The highest BCUT2D eigenvalue weighted by atomic mass is 16.5. The molecule has 1 unspecified atom stereocenters. The number of unbranched alkanes of at least 4 members (excludes halogenated alkanes) is 3. The number of rotatable bonds is 10. The minimum atomic E-state index is -0.713. The number of benzene rings is 2. The zero-order valence-electron chi connectivity index (χ0n) is 16.2. The summed E-state index contributed by atoms with van der Waals surface area (Å²) in [6.45, 7) is 4.46. The first-order valence-corrected chi connectivity index (χ1v) is 9.46. The van der Waals surface area contributed by atoms with Crippen molar-refractivity contribution >= 4 is 5.97 Å². The standard InChI is InChI=1S/C23H30O3/c1-4-5-6-12-17-23(2,20-15-10-11-16-21(20)25-3)22(24)26-18-19-13-8-7-9-14-19/h7-11,13-16H,4-6,12,17-18H2,1-3H3. The van der Waals surface area contributed by atoms with E-state index in [0.717, 1.165) is 36.1 Å². The van der Waals surface area contributed by atoms with Crippen molar-refractivity contribution in [3.8, 4) is 5.75 Å². The minimum absolute atomic E-state index is 0.192. The normalized spacial score (nSPS) is 13.0. The smallest absolute Gasteiger partial charge is 0.316 e. The maximum absolute atomic E-state index is 13.1.